The van der Waals surface area contributed by atoms with Crippen LogP contribution in [0.5, 0.6) is 0 Å². The number of anilines is 1. The zero-order chi connectivity index (χ0) is 22.9. The second kappa shape index (κ2) is 9.06. The fourth-order valence-corrected chi connectivity index (χ4v) is 5.55. The van der Waals surface area contributed by atoms with Gasteiger partial charge in [-0.25, -0.2) is 8.42 Å². The predicted molar refractivity (Wildman–Crippen MR) is 127 cm³/mol. The van der Waals surface area contributed by atoms with Crippen LogP contribution in [0.25, 0.3) is 0 Å². The number of hydrogen-bond donors (Lipinski definition) is 0. The molecule has 0 aromatic heterocycles. The van der Waals surface area contributed by atoms with Crippen LogP contribution in [0.1, 0.15) is 23.6 Å². The lowest BCUT2D eigenvalue weighted by molar-refractivity contribution is -0.119. The van der Waals surface area contributed by atoms with E-state index in [1.807, 2.05) is 62.4 Å². The molecule has 0 radical (unpaired) electrons. The number of rotatable bonds is 6. The van der Waals surface area contributed by atoms with Crippen molar-refractivity contribution in [2.75, 3.05) is 11.4 Å². The van der Waals surface area contributed by atoms with Gasteiger partial charge in [0.25, 0.3) is 0 Å². The number of aryl methyl sites for hydroxylation is 1. The molecule has 1 heterocycles. The van der Waals surface area contributed by atoms with Crippen molar-refractivity contribution in [3.8, 4) is 0 Å². The van der Waals surface area contributed by atoms with Gasteiger partial charge >= 0.3 is 0 Å². The number of nitrogens with zero attached hydrogens (tertiary/aromatic N) is 2. The minimum Gasteiger partial charge on any atom is -0.308 e. The number of carbonyl (C=O) groups excluding carboxylic acids is 1. The largest absolute Gasteiger partial charge is 0.308 e. The topological polar surface area (TPSA) is 57.7 Å². The Morgan fingerprint density at radius 3 is 2.38 bits per heavy atom. The molecule has 32 heavy (non-hydrogen) atoms. The number of fused-ring (bicyclic) bond motifs is 1. The van der Waals surface area contributed by atoms with Crippen molar-refractivity contribution in [2.45, 2.75) is 37.8 Å². The molecular formula is C25H25ClN2O3S. The van der Waals surface area contributed by atoms with Gasteiger partial charge in [0.15, 0.2) is 0 Å². The van der Waals surface area contributed by atoms with Crippen LogP contribution < -0.4 is 4.90 Å². The second-order valence-electron chi connectivity index (χ2n) is 8.16. The molecule has 1 aliphatic rings. The van der Waals surface area contributed by atoms with Crippen molar-refractivity contribution < 1.29 is 13.2 Å². The summed E-state index contributed by atoms with van der Waals surface area (Å²) in [5.74, 6) is -0.243. The number of amides is 1. The molecule has 1 unspecified atom stereocenters. The van der Waals surface area contributed by atoms with E-state index in [-0.39, 0.29) is 29.9 Å². The highest BCUT2D eigenvalue weighted by Crippen LogP contribution is 2.32. The molecule has 4 rings (SSSR count). The van der Waals surface area contributed by atoms with E-state index in [0.29, 0.717) is 5.02 Å². The molecule has 7 heteroatoms. The van der Waals surface area contributed by atoms with Crippen molar-refractivity contribution >= 4 is 33.2 Å². The van der Waals surface area contributed by atoms with Gasteiger partial charge in [-0.15, -0.1) is 0 Å². The maximum Gasteiger partial charge on any atom is 0.243 e. The summed E-state index contributed by atoms with van der Waals surface area (Å²) in [5.41, 5.74) is 3.85. The van der Waals surface area contributed by atoms with E-state index in [0.717, 1.165) is 28.8 Å². The van der Waals surface area contributed by atoms with Crippen LogP contribution in [0.2, 0.25) is 5.02 Å². The van der Waals surface area contributed by atoms with E-state index in [4.69, 9.17) is 11.6 Å². The Bertz CT molecular complexity index is 1220. The van der Waals surface area contributed by atoms with Crippen LogP contribution in [-0.4, -0.2) is 31.2 Å². The van der Waals surface area contributed by atoms with Gasteiger partial charge in [-0.3, -0.25) is 4.79 Å². The zero-order valence-electron chi connectivity index (χ0n) is 18.0. The molecule has 0 saturated carbocycles. The van der Waals surface area contributed by atoms with Gasteiger partial charge in [0.05, 0.1) is 11.4 Å². The molecule has 3 aromatic carbocycles. The lowest BCUT2D eigenvalue weighted by Crippen LogP contribution is -2.44. The fourth-order valence-electron chi connectivity index (χ4n) is 4.05. The van der Waals surface area contributed by atoms with Crippen LogP contribution in [0, 0.1) is 6.92 Å². The normalized spacial score (nSPS) is 15.8. The number of hydrogen-bond acceptors (Lipinski definition) is 3. The van der Waals surface area contributed by atoms with E-state index >= 15 is 0 Å². The average Bonchev–Trinajstić information content (AvgIpc) is 3.10. The molecule has 1 atom stereocenters. The molecule has 1 amide bonds. The zero-order valence-corrected chi connectivity index (χ0v) is 19.6. The summed E-state index contributed by atoms with van der Waals surface area (Å²) in [7, 11) is -3.92. The third kappa shape index (κ3) is 4.58. The summed E-state index contributed by atoms with van der Waals surface area (Å²) in [6.07, 6.45) is 0.754. The Kier molecular flexibility index (Phi) is 6.38. The van der Waals surface area contributed by atoms with Crippen LogP contribution in [0.15, 0.2) is 77.7 Å². The number of halogens is 1. The Morgan fingerprint density at radius 2 is 1.69 bits per heavy atom. The third-order valence-corrected chi connectivity index (χ3v) is 7.78. The van der Waals surface area contributed by atoms with E-state index in [2.05, 4.69) is 0 Å². The van der Waals surface area contributed by atoms with Crippen LogP contribution in [0.3, 0.4) is 0 Å². The third-order valence-electron chi connectivity index (χ3n) is 5.72. The summed E-state index contributed by atoms with van der Waals surface area (Å²) in [4.78, 5) is 15.2. The van der Waals surface area contributed by atoms with E-state index in [1.54, 1.807) is 17.0 Å². The van der Waals surface area contributed by atoms with Gasteiger partial charge in [0.2, 0.25) is 15.9 Å². The van der Waals surface area contributed by atoms with E-state index < -0.39 is 10.0 Å². The number of carbonyl (C=O) groups is 1. The predicted octanol–water partition coefficient (Wildman–Crippen LogP) is 4.82. The average molecular weight is 469 g/mol. The molecule has 0 aliphatic carbocycles. The maximum absolute atomic E-state index is 13.5. The van der Waals surface area contributed by atoms with E-state index in [1.165, 1.54) is 16.4 Å². The molecule has 0 bridgehead atoms. The highest BCUT2D eigenvalue weighted by molar-refractivity contribution is 7.89. The van der Waals surface area contributed by atoms with E-state index in [9.17, 15) is 13.2 Å². The first kappa shape index (κ1) is 22.5. The Hall–Kier alpha value is -2.67. The first-order valence-electron chi connectivity index (χ1n) is 10.5. The van der Waals surface area contributed by atoms with Gasteiger partial charge in [0, 0.05) is 23.3 Å². The standard InChI is InChI=1S/C25H25ClN2O3S/c1-18-7-9-20(10-8-18)16-27(32(30,31)23-13-11-22(26)12-14-23)17-25(29)28-19(2)15-21-5-3-4-6-24(21)28/h3-14,19H,15-17H2,1-2H3. The summed E-state index contributed by atoms with van der Waals surface area (Å²) in [6.45, 7) is 3.80. The summed E-state index contributed by atoms with van der Waals surface area (Å²) < 4.78 is 28.3. The maximum atomic E-state index is 13.5. The van der Waals surface area contributed by atoms with Crippen LogP contribution in [0.4, 0.5) is 5.69 Å². The van der Waals surface area contributed by atoms with Gasteiger partial charge in [0.1, 0.15) is 0 Å². The lowest BCUT2D eigenvalue weighted by Gasteiger charge is -2.27. The molecule has 1 aliphatic heterocycles. The van der Waals surface area contributed by atoms with Crippen molar-refractivity contribution in [2.24, 2.45) is 0 Å². The Balaban J connectivity index is 1.67. The van der Waals surface area contributed by atoms with Crippen molar-refractivity contribution in [3.05, 3.63) is 94.5 Å². The molecule has 166 valence electrons. The fraction of sp³-hybridized carbons (Fsp3) is 0.240. The summed E-state index contributed by atoms with van der Waals surface area (Å²) in [5, 5.41) is 0.451. The van der Waals surface area contributed by atoms with Crippen LogP contribution in [-0.2, 0) is 27.8 Å². The van der Waals surface area contributed by atoms with Gasteiger partial charge in [-0.1, -0.05) is 59.6 Å². The molecular weight excluding hydrogens is 444 g/mol. The van der Waals surface area contributed by atoms with Gasteiger partial charge in [-0.05, 0) is 61.7 Å². The number of para-hydroxylation sites is 1. The van der Waals surface area contributed by atoms with Crippen molar-refractivity contribution in [1.82, 2.24) is 4.31 Å². The second-order valence-corrected chi connectivity index (χ2v) is 10.5. The van der Waals surface area contributed by atoms with Crippen LogP contribution >= 0.6 is 11.6 Å². The quantitative estimate of drug-likeness (QED) is 0.521. The SMILES string of the molecule is Cc1ccc(CN(CC(=O)N2c3ccccc3CC2C)S(=O)(=O)c2ccc(Cl)cc2)cc1. The minimum atomic E-state index is -3.92. The molecule has 0 fully saturated rings. The number of sulfonamides is 1. The Labute approximate surface area is 194 Å². The Morgan fingerprint density at radius 1 is 1.03 bits per heavy atom. The first-order valence-corrected chi connectivity index (χ1v) is 12.3. The smallest absolute Gasteiger partial charge is 0.243 e. The molecule has 0 spiro atoms. The minimum absolute atomic E-state index is 0.0284. The molecule has 0 saturated heterocycles. The van der Waals surface area contributed by atoms with Crippen molar-refractivity contribution in [3.63, 3.8) is 0 Å². The summed E-state index contributed by atoms with van der Waals surface area (Å²) in [6, 6.07) is 21.4. The molecule has 3 aromatic rings. The van der Waals surface area contributed by atoms with Crippen molar-refractivity contribution in [1.29, 1.82) is 0 Å². The van der Waals surface area contributed by atoms with Gasteiger partial charge < -0.3 is 4.90 Å². The summed E-state index contributed by atoms with van der Waals surface area (Å²) >= 11 is 5.95. The highest BCUT2D eigenvalue weighted by atomic mass is 35.5. The number of benzene rings is 3. The lowest BCUT2D eigenvalue weighted by atomic mass is 10.1. The first-order chi connectivity index (χ1) is 15.3. The van der Waals surface area contributed by atoms with Gasteiger partial charge in [-0.2, -0.15) is 4.31 Å². The molecule has 5 nitrogen and oxygen atoms in total. The molecule has 0 N–H and O–H groups in total. The monoisotopic (exact) mass is 468 g/mol. The highest BCUT2D eigenvalue weighted by Gasteiger charge is 2.34.